The highest BCUT2D eigenvalue weighted by Gasteiger charge is 2.44. The van der Waals surface area contributed by atoms with E-state index in [4.69, 9.17) is 8.83 Å². The molecule has 5 heteroatoms. The van der Waals surface area contributed by atoms with Crippen LogP contribution in [0.25, 0.3) is 66.1 Å². The van der Waals surface area contributed by atoms with Crippen LogP contribution < -0.4 is 26.2 Å². The van der Waals surface area contributed by atoms with Gasteiger partial charge in [0.2, 0.25) is 0 Å². The minimum atomic E-state index is -0.130. The van der Waals surface area contributed by atoms with Crippen molar-refractivity contribution >= 4 is 101 Å². The predicted octanol–water partition coefficient (Wildman–Crippen LogP) is 18.1. The van der Waals surface area contributed by atoms with Crippen LogP contribution in [0.2, 0.25) is 0 Å². The van der Waals surface area contributed by atoms with Crippen molar-refractivity contribution in [3.8, 4) is 22.3 Å². The summed E-state index contributed by atoms with van der Waals surface area (Å²) in [4.78, 5) is 5.18. The first kappa shape index (κ1) is 47.0. The van der Waals surface area contributed by atoms with Crippen molar-refractivity contribution in [1.29, 1.82) is 0 Å². The predicted molar refractivity (Wildman–Crippen MR) is 321 cm³/mol. The van der Waals surface area contributed by atoms with Crippen LogP contribution in [0.5, 0.6) is 0 Å². The van der Waals surface area contributed by atoms with Crippen molar-refractivity contribution in [1.82, 2.24) is 0 Å². The second-order valence-electron chi connectivity index (χ2n) is 25.5. The Morgan fingerprint density at radius 1 is 0.333 bits per heavy atom. The van der Waals surface area contributed by atoms with Gasteiger partial charge in [-0.1, -0.05) is 186 Å². The molecule has 0 fully saturated rings. The van der Waals surface area contributed by atoms with Crippen molar-refractivity contribution in [3.63, 3.8) is 0 Å². The molecular weight excluding hydrogens is 912 g/mol. The summed E-state index contributed by atoms with van der Waals surface area (Å²) in [7, 11) is 0. The maximum atomic E-state index is 6.54. The number of furan rings is 2. The lowest BCUT2D eigenvalue weighted by molar-refractivity contribution is 0.568. The molecule has 0 spiro atoms. The van der Waals surface area contributed by atoms with Crippen molar-refractivity contribution in [2.45, 2.75) is 105 Å². The minimum absolute atomic E-state index is 0.0820. The van der Waals surface area contributed by atoms with Crippen LogP contribution in [0.3, 0.4) is 0 Å². The second kappa shape index (κ2) is 16.4. The van der Waals surface area contributed by atoms with Gasteiger partial charge in [-0.15, -0.1) is 0 Å². The van der Waals surface area contributed by atoms with Crippen LogP contribution in [-0.2, 0) is 21.7 Å². The third-order valence-electron chi connectivity index (χ3n) is 16.2. The molecule has 13 rings (SSSR count). The Balaban J connectivity index is 1.15. The molecule has 2 aliphatic heterocycles. The van der Waals surface area contributed by atoms with Crippen LogP contribution in [0.4, 0.5) is 34.1 Å². The number of para-hydroxylation sites is 2. The standard InChI is InChI=1S/C70H65BN2O2/c1-67(2,3)44-36-45(68(4,5)6)39-48(38-44)72-56-32-30-42(50-22-17-28-62-64(50)52-20-13-15-26-60(52)74-62)34-54(56)71-55-35-43(51-23-18-29-63-65(51)53-21-14-16-27-61(53)75-63)31-33-57(55)73(59-25-19-24-58(72)66(59)71)49-40-46(69(7,8)9)37-47(41-49)70(10,11)12/h13-41H,1-12H3. The molecule has 0 aliphatic carbocycles. The number of rotatable bonds is 4. The molecule has 370 valence electrons. The van der Waals surface area contributed by atoms with Crippen molar-refractivity contribution in [2.75, 3.05) is 9.80 Å². The molecule has 75 heavy (non-hydrogen) atoms. The van der Waals surface area contributed by atoms with E-state index in [0.717, 1.165) is 66.1 Å². The summed E-state index contributed by atoms with van der Waals surface area (Å²) in [6.45, 7) is 27.9. The van der Waals surface area contributed by atoms with E-state index >= 15 is 0 Å². The van der Waals surface area contributed by atoms with E-state index in [1.807, 2.05) is 0 Å². The van der Waals surface area contributed by atoms with Gasteiger partial charge < -0.3 is 18.6 Å². The highest BCUT2D eigenvalue weighted by Crippen LogP contribution is 2.49. The van der Waals surface area contributed by atoms with Gasteiger partial charge in [0.15, 0.2) is 0 Å². The lowest BCUT2D eigenvalue weighted by Crippen LogP contribution is -2.61. The Labute approximate surface area is 442 Å². The van der Waals surface area contributed by atoms with Gasteiger partial charge in [0.05, 0.1) is 0 Å². The molecular formula is C70H65BN2O2. The minimum Gasteiger partial charge on any atom is -0.456 e. The maximum absolute atomic E-state index is 6.54. The highest BCUT2D eigenvalue weighted by atomic mass is 16.3. The summed E-state index contributed by atoms with van der Waals surface area (Å²) < 4.78 is 13.1. The summed E-state index contributed by atoms with van der Waals surface area (Å²) in [5.74, 6) is 0. The molecule has 4 nitrogen and oxygen atoms in total. The zero-order valence-corrected chi connectivity index (χ0v) is 45.5. The molecule has 2 aromatic heterocycles. The first-order chi connectivity index (χ1) is 35.7. The monoisotopic (exact) mass is 977 g/mol. The van der Waals surface area contributed by atoms with Crippen LogP contribution in [0.15, 0.2) is 185 Å². The molecule has 0 amide bonds. The molecule has 2 aliphatic rings. The molecule has 0 saturated carbocycles. The first-order valence-electron chi connectivity index (χ1n) is 26.9. The zero-order valence-electron chi connectivity index (χ0n) is 45.5. The van der Waals surface area contributed by atoms with Gasteiger partial charge in [0, 0.05) is 55.7 Å². The van der Waals surface area contributed by atoms with Gasteiger partial charge >= 0.3 is 0 Å². The van der Waals surface area contributed by atoms with E-state index in [-0.39, 0.29) is 28.4 Å². The molecule has 0 N–H and O–H groups in total. The average molecular weight is 977 g/mol. The summed E-state index contributed by atoms with van der Waals surface area (Å²) in [5.41, 5.74) is 24.1. The van der Waals surface area contributed by atoms with E-state index in [9.17, 15) is 0 Å². The van der Waals surface area contributed by atoms with Crippen LogP contribution in [0, 0.1) is 0 Å². The topological polar surface area (TPSA) is 32.8 Å². The molecule has 0 bridgehead atoms. The van der Waals surface area contributed by atoms with Crippen molar-refractivity contribution in [2.24, 2.45) is 0 Å². The lowest BCUT2D eigenvalue weighted by Gasteiger charge is -2.45. The summed E-state index contributed by atoms with van der Waals surface area (Å²) >= 11 is 0. The Kier molecular flexibility index (Phi) is 10.3. The molecule has 0 atom stereocenters. The zero-order chi connectivity index (χ0) is 52.1. The van der Waals surface area contributed by atoms with Crippen molar-refractivity contribution < 1.29 is 8.83 Å². The van der Waals surface area contributed by atoms with Gasteiger partial charge in [-0.25, -0.2) is 0 Å². The fourth-order valence-electron chi connectivity index (χ4n) is 12.1. The van der Waals surface area contributed by atoms with E-state index in [1.165, 1.54) is 72.8 Å². The van der Waals surface area contributed by atoms with Gasteiger partial charge in [-0.05, 0) is 155 Å². The third kappa shape index (κ3) is 7.55. The first-order valence-corrected chi connectivity index (χ1v) is 26.9. The molecule has 9 aromatic carbocycles. The smallest absolute Gasteiger partial charge is 0.252 e. The van der Waals surface area contributed by atoms with E-state index < -0.39 is 0 Å². The largest absolute Gasteiger partial charge is 0.456 e. The lowest BCUT2D eigenvalue weighted by atomic mass is 9.33. The Morgan fingerprint density at radius 2 is 0.693 bits per heavy atom. The van der Waals surface area contributed by atoms with Gasteiger partial charge in [0.1, 0.15) is 22.3 Å². The number of anilines is 6. The van der Waals surface area contributed by atoms with E-state index in [0.29, 0.717) is 0 Å². The van der Waals surface area contributed by atoms with Gasteiger partial charge in [-0.3, -0.25) is 0 Å². The maximum Gasteiger partial charge on any atom is 0.252 e. The number of nitrogens with zero attached hydrogens (tertiary/aromatic N) is 2. The number of fused-ring (bicyclic) bond motifs is 10. The van der Waals surface area contributed by atoms with Crippen molar-refractivity contribution in [3.05, 3.63) is 198 Å². The Morgan fingerprint density at radius 3 is 1.08 bits per heavy atom. The second-order valence-corrected chi connectivity index (χ2v) is 25.5. The summed E-state index contributed by atoms with van der Waals surface area (Å²) in [6, 6.07) is 66.2. The van der Waals surface area contributed by atoms with Gasteiger partial charge in [-0.2, -0.15) is 0 Å². The average Bonchev–Trinajstić information content (AvgIpc) is 3.99. The van der Waals surface area contributed by atoms with Crippen LogP contribution >= 0.6 is 0 Å². The Bertz CT molecular complexity index is 3810. The summed E-state index contributed by atoms with van der Waals surface area (Å²) in [5, 5.41) is 4.53. The number of benzene rings is 9. The van der Waals surface area contributed by atoms with E-state index in [1.54, 1.807) is 0 Å². The number of hydrogen-bond donors (Lipinski definition) is 0. The molecule has 4 heterocycles. The van der Waals surface area contributed by atoms with Crippen LogP contribution in [-0.4, -0.2) is 6.71 Å². The highest BCUT2D eigenvalue weighted by molar-refractivity contribution is 7.00. The Hall–Kier alpha value is -7.76. The van der Waals surface area contributed by atoms with E-state index in [2.05, 4.69) is 269 Å². The number of hydrogen-bond acceptors (Lipinski definition) is 4. The fourth-order valence-corrected chi connectivity index (χ4v) is 12.1. The normalized spacial score (nSPS) is 13.8. The molecule has 0 radical (unpaired) electrons. The quantitative estimate of drug-likeness (QED) is 0.165. The third-order valence-corrected chi connectivity index (χ3v) is 16.2. The SMILES string of the molecule is CC(C)(C)c1cc(N2c3ccc(-c4cccc5oc6ccccc6c45)cc3B3c4cc(-c5cccc6oc7ccccc7c56)ccc4N(c4cc(C(C)(C)C)cc(C(C)(C)C)c4)c4cccc2c43)cc(C(C)(C)C)c1. The summed E-state index contributed by atoms with van der Waals surface area (Å²) in [6.07, 6.45) is 0. The van der Waals surface area contributed by atoms with Crippen LogP contribution in [0.1, 0.15) is 105 Å². The molecule has 0 unspecified atom stereocenters. The fraction of sp³-hybridized carbons (Fsp3) is 0.229. The molecule has 0 saturated heterocycles. The van der Waals surface area contributed by atoms with Gasteiger partial charge in [0.25, 0.3) is 6.71 Å². The molecule has 11 aromatic rings.